The molecule has 1 atom stereocenters. The van der Waals surface area contributed by atoms with Crippen molar-refractivity contribution >= 4 is 34.0 Å². The van der Waals surface area contributed by atoms with Gasteiger partial charge in [-0.25, -0.2) is 0 Å². The lowest BCUT2D eigenvalue weighted by molar-refractivity contribution is 0.698. The molecule has 1 aliphatic heterocycles. The van der Waals surface area contributed by atoms with Gasteiger partial charge in [0.05, 0.1) is 9.34 Å². The molecular formula is C27H20IN. The van der Waals surface area contributed by atoms with Gasteiger partial charge in [0.25, 0.3) is 0 Å². The molecule has 0 saturated carbocycles. The van der Waals surface area contributed by atoms with Gasteiger partial charge in [0.1, 0.15) is 0 Å². The van der Waals surface area contributed by atoms with Gasteiger partial charge in [0.15, 0.2) is 0 Å². The normalized spacial score (nSPS) is 17.5. The average Bonchev–Trinajstić information content (AvgIpc) is 2.76. The molecule has 2 heteroatoms. The Morgan fingerprint density at radius 2 is 1.21 bits per heavy atom. The molecular weight excluding hydrogens is 465 g/mol. The largest absolute Gasteiger partial charge is 0.355 e. The predicted molar refractivity (Wildman–Crippen MR) is 129 cm³/mol. The van der Waals surface area contributed by atoms with E-state index in [1.54, 1.807) is 0 Å². The first-order chi connectivity index (χ1) is 14.2. The molecule has 0 saturated heterocycles. The highest BCUT2D eigenvalue weighted by Crippen LogP contribution is 2.60. The molecule has 4 aromatic carbocycles. The number of hydrogen-bond acceptors (Lipinski definition) is 1. The number of alkyl halides is 1. The Bertz CT molecular complexity index is 1230. The second-order valence-corrected chi connectivity index (χ2v) is 9.20. The summed E-state index contributed by atoms with van der Waals surface area (Å²) in [7, 11) is 0. The highest BCUT2D eigenvalue weighted by Gasteiger charge is 2.49. The summed E-state index contributed by atoms with van der Waals surface area (Å²) >= 11 is 2.63. The molecule has 0 amide bonds. The number of hydrogen-bond donors (Lipinski definition) is 1. The van der Waals surface area contributed by atoms with Crippen LogP contribution in [-0.4, -0.2) is 0 Å². The van der Waals surface area contributed by atoms with Crippen LogP contribution >= 0.6 is 22.6 Å². The van der Waals surface area contributed by atoms with Crippen molar-refractivity contribution < 1.29 is 0 Å². The van der Waals surface area contributed by atoms with E-state index in [2.05, 4.69) is 126 Å². The van der Waals surface area contributed by atoms with E-state index >= 15 is 0 Å². The van der Waals surface area contributed by atoms with Crippen LogP contribution in [0.1, 0.15) is 42.9 Å². The van der Waals surface area contributed by atoms with Crippen LogP contribution in [0.2, 0.25) is 0 Å². The maximum atomic E-state index is 3.70. The van der Waals surface area contributed by atoms with Crippen LogP contribution in [0, 0.1) is 6.92 Å². The molecule has 140 valence electrons. The van der Waals surface area contributed by atoms with E-state index in [1.807, 2.05) is 0 Å². The van der Waals surface area contributed by atoms with Gasteiger partial charge < -0.3 is 5.32 Å². The fourth-order valence-electron chi connectivity index (χ4n) is 5.41. The summed E-state index contributed by atoms with van der Waals surface area (Å²) < 4.78 is 0.347. The van der Waals surface area contributed by atoms with Crippen LogP contribution in [0.15, 0.2) is 91.0 Å². The van der Waals surface area contributed by atoms with Crippen LogP contribution in [0.25, 0.3) is 0 Å². The summed E-state index contributed by atoms with van der Waals surface area (Å²) in [6.45, 7) is 2.25. The Morgan fingerprint density at radius 3 is 1.90 bits per heavy atom. The lowest BCUT2D eigenvalue weighted by atomic mass is 9.57. The number of rotatable bonds is 0. The van der Waals surface area contributed by atoms with E-state index in [4.69, 9.17) is 0 Å². The molecule has 1 unspecified atom stereocenters. The van der Waals surface area contributed by atoms with Crippen molar-refractivity contribution in [2.75, 3.05) is 5.32 Å². The zero-order valence-corrected chi connectivity index (χ0v) is 18.3. The van der Waals surface area contributed by atoms with E-state index in [0.29, 0.717) is 3.92 Å². The maximum absolute atomic E-state index is 3.70. The first-order valence-corrected chi connectivity index (χ1v) is 11.3. The Morgan fingerprint density at radius 1 is 0.655 bits per heavy atom. The third-order valence-electron chi connectivity index (χ3n) is 6.55. The van der Waals surface area contributed by atoms with Gasteiger partial charge in [-0.2, -0.15) is 0 Å². The Hall–Kier alpha value is -2.59. The number of anilines is 2. The van der Waals surface area contributed by atoms with Gasteiger partial charge >= 0.3 is 0 Å². The molecule has 0 aromatic heterocycles. The second kappa shape index (κ2) is 6.20. The van der Waals surface area contributed by atoms with Gasteiger partial charge in [-0.1, -0.05) is 101 Å². The molecule has 6 rings (SSSR count). The van der Waals surface area contributed by atoms with E-state index in [-0.39, 0.29) is 5.41 Å². The van der Waals surface area contributed by atoms with E-state index in [0.717, 1.165) is 0 Å². The molecule has 0 fully saturated rings. The first-order valence-electron chi connectivity index (χ1n) is 10.0. The van der Waals surface area contributed by atoms with Crippen LogP contribution in [0.5, 0.6) is 0 Å². The number of aryl methyl sites for hydroxylation is 1. The SMILES string of the molecule is Cc1cccc2c1C(I)c1ccccc1C21c2ccccc2Nc2ccccc21. The summed E-state index contributed by atoms with van der Waals surface area (Å²) in [6, 6.07) is 33.5. The molecule has 1 heterocycles. The minimum atomic E-state index is -0.307. The highest BCUT2D eigenvalue weighted by molar-refractivity contribution is 14.1. The van der Waals surface area contributed by atoms with Crippen LogP contribution in [-0.2, 0) is 5.41 Å². The van der Waals surface area contributed by atoms with Gasteiger partial charge in [-0.05, 0) is 58.0 Å². The van der Waals surface area contributed by atoms with E-state index < -0.39 is 0 Å². The summed E-state index contributed by atoms with van der Waals surface area (Å²) in [5, 5.41) is 3.70. The third-order valence-corrected chi connectivity index (χ3v) is 7.84. The number of benzene rings is 4. The van der Waals surface area contributed by atoms with Crippen molar-refractivity contribution in [3.05, 3.63) is 130 Å². The maximum Gasteiger partial charge on any atom is 0.0748 e. The Kier molecular flexibility index (Phi) is 3.70. The molecule has 1 N–H and O–H groups in total. The van der Waals surface area contributed by atoms with Crippen molar-refractivity contribution in [2.45, 2.75) is 16.3 Å². The topological polar surface area (TPSA) is 12.0 Å². The monoisotopic (exact) mass is 485 g/mol. The van der Waals surface area contributed by atoms with Crippen molar-refractivity contribution in [1.82, 2.24) is 0 Å². The lowest BCUT2D eigenvalue weighted by Crippen LogP contribution is -2.39. The molecule has 2 aliphatic rings. The lowest BCUT2D eigenvalue weighted by Gasteiger charge is -2.47. The highest BCUT2D eigenvalue weighted by atomic mass is 127. The third kappa shape index (κ3) is 2.15. The Labute approximate surface area is 184 Å². The Balaban J connectivity index is 1.87. The average molecular weight is 485 g/mol. The molecule has 1 aliphatic carbocycles. The number of nitrogens with one attached hydrogen (secondary N) is 1. The zero-order valence-electron chi connectivity index (χ0n) is 16.1. The van der Waals surface area contributed by atoms with Crippen molar-refractivity contribution in [3.63, 3.8) is 0 Å². The van der Waals surface area contributed by atoms with Gasteiger partial charge in [-0.3, -0.25) is 0 Å². The zero-order chi connectivity index (χ0) is 19.6. The van der Waals surface area contributed by atoms with Crippen LogP contribution in [0.3, 0.4) is 0 Å². The summed E-state index contributed by atoms with van der Waals surface area (Å²) in [6.07, 6.45) is 0. The molecule has 29 heavy (non-hydrogen) atoms. The quantitative estimate of drug-likeness (QED) is 0.180. The van der Waals surface area contributed by atoms with Crippen LogP contribution in [0.4, 0.5) is 11.4 Å². The van der Waals surface area contributed by atoms with Gasteiger partial charge in [-0.15, -0.1) is 0 Å². The van der Waals surface area contributed by atoms with Gasteiger partial charge in [0.2, 0.25) is 0 Å². The molecule has 4 aromatic rings. The standard InChI is InChI=1S/C27H20IN/c1-17-9-8-14-22-25(17)26(28)18-10-2-3-11-19(18)27(22)20-12-4-6-15-23(20)29-24-16-7-5-13-21(24)27/h2-16,26,29H,1H3. The summed E-state index contributed by atoms with van der Waals surface area (Å²) in [5.41, 5.74) is 11.8. The van der Waals surface area contributed by atoms with Crippen molar-refractivity contribution in [2.24, 2.45) is 0 Å². The molecule has 0 radical (unpaired) electrons. The molecule has 0 bridgehead atoms. The summed E-state index contributed by atoms with van der Waals surface area (Å²) in [5.74, 6) is 0. The number of halogens is 1. The fourth-order valence-corrected chi connectivity index (χ4v) is 6.78. The number of fused-ring (bicyclic) bond motifs is 8. The first kappa shape index (κ1) is 17.3. The molecule has 1 nitrogen and oxygen atoms in total. The minimum Gasteiger partial charge on any atom is -0.355 e. The van der Waals surface area contributed by atoms with Crippen LogP contribution < -0.4 is 5.32 Å². The minimum absolute atomic E-state index is 0.307. The van der Waals surface area contributed by atoms with E-state index in [1.165, 1.54) is 50.3 Å². The van der Waals surface area contributed by atoms with Crippen molar-refractivity contribution in [1.29, 1.82) is 0 Å². The molecule has 1 spiro atoms. The van der Waals surface area contributed by atoms with Gasteiger partial charge in [0, 0.05) is 11.4 Å². The fraction of sp³-hybridized carbons (Fsp3) is 0.111. The predicted octanol–water partition coefficient (Wildman–Crippen LogP) is 7.27. The summed E-state index contributed by atoms with van der Waals surface area (Å²) in [4.78, 5) is 0. The second-order valence-electron chi connectivity index (χ2n) is 7.95. The van der Waals surface area contributed by atoms with Crippen molar-refractivity contribution in [3.8, 4) is 0 Å². The number of para-hydroxylation sites is 2. The smallest absolute Gasteiger partial charge is 0.0748 e. The van der Waals surface area contributed by atoms with E-state index in [9.17, 15) is 0 Å².